The molecule has 0 bridgehead atoms. The predicted molar refractivity (Wildman–Crippen MR) is 81.0 cm³/mol. The van der Waals surface area contributed by atoms with E-state index >= 15 is 0 Å². The molecule has 20 heavy (non-hydrogen) atoms. The topological polar surface area (TPSA) is 55.6 Å². The van der Waals surface area contributed by atoms with E-state index in [1.54, 1.807) is 18.2 Å². The van der Waals surface area contributed by atoms with Crippen molar-refractivity contribution in [1.29, 1.82) is 0 Å². The second-order valence-corrected chi connectivity index (χ2v) is 6.93. The molecular weight excluding hydrogens is 276 g/mol. The van der Waals surface area contributed by atoms with E-state index in [1.807, 2.05) is 32.6 Å². The molecule has 0 aliphatic carbocycles. The maximum absolute atomic E-state index is 12.6. The maximum atomic E-state index is 12.6. The van der Waals surface area contributed by atoms with Crippen molar-refractivity contribution < 1.29 is 9.53 Å². The number of hydrogen-bond acceptors (Lipinski definition) is 3. The molecule has 1 saturated heterocycles. The monoisotopic (exact) mass is 296 g/mol. The number of morpholine rings is 1. The second-order valence-electron chi connectivity index (χ2n) is 6.52. The minimum Gasteiger partial charge on any atom is -0.398 e. The number of nitrogen functional groups attached to an aromatic ring is 1. The fourth-order valence-electron chi connectivity index (χ4n) is 2.79. The van der Waals surface area contributed by atoms with Gasteiger partial charge in [-0.05, 0) is 45.9 Å². The zero-order valence-corrected chi connectivity index (χ0v) is 13.1. The molecule has 0 unspecified atom stereocenters. The largest absolute Gasteiger partial charge is 0.398 e. The average molecular weight is 297 g/mol. The van der Waals surface area contributed by atoms with Crippen LogP contribution in [0.2, 0.25) is 5.02 Å². The molecule has 2 rings (SSSR count). The Hall–Kier alpha value is -1.26. The van der Waals surface area contributed by atoms with E-state index in [-0.39, 0.29) is 17.1 Å². The minimum atomic E-state index is -0.366. The van der Waals surface area contributed by atoms with Gasteiger partial charge in [0.1, 0.15) is 0 Å². The van der Waals surface area contributed by atoms with Gasteiger partial charge in [0.2, 0.25) is 0 Å². The lowest BCUT2D eigenvalue weighted by molar-refractivity contribution is -0.171. The number of benzene rings is 1. The molecule has 1 aromatic rings. The molecule has 1 amide bonds. The number of halogens is 1. The van der Waals surface area contributed by atoms with Crippen molar-refractivity contribution in [3.63, 3.8) is 0 Å². The van der Waals surface area contributed by atoms with Crippen LogP contribution in [0, 0.1) is 0 Å². The van der Waals surface area contributed by atoms with Gasteiger partial charge in [-0.3, -0.25) is 4.79 Å². The van der Waals surface area contributed by atoms with Crippen molar-refractivity contribution in [2.45, 2.75) is 38.9 Å². The number of rotatable bonds is 1. The molecule has 110 valence electrons. The van der Waals surface area contributed by atoms with E-state index < -0.39 is 0 Å². The Morgan fingerprint density at radius 3 is 2.30 bits per heavy atom. The first-order valence-electron chi connectivity index (χ1n) is 6.64. The summed E-state index contributed by atoms with van der Waals surface area (Å²) >= 11 is 5.89. The van der Waals surface area contributed by atoms with Gasteiger partial charge < -0.3 is 15.4 Å². The van der Waals surface area contributed by atoms with Crippen molar-refractivity contribution >= 4 is 23.2 Å². The Morgan fingerprint density at radius 2 is 1.80 bits per heavy atom. The Bertz CT molecular complexity index is 525. The van der Waals surface area contributed by atoms with Crippen molar-refractivity contribution in [2.24, 2.45) is 0 Å². The molecule has 0 spiro atoms. The standard InChI is InChI=1S/C15H21ClN2O2/c1-14(2)8-18(9-15(3,4)20-14)13(19)10-5-6-11(16)12(17)7-10/h5-7H,8-9,17H2,1-4H3. The van der Waals surface area contributed by atoms with Crippen LogP contribution in [0.25, 0.3) is 0 Å². The summed E-state index contributed by atoms with van der Waals surface area (Å²) in [7, 11) is 0. The number of hydrogen-bond donors (Lipinski definition) is 1. The van der Waals surface area contributed by atoms with Gasteiger partial charge in [0.05, 0.1) is 21.9 Å². The molecule has 0 aromatic heterocycles. The van der Waals surface area contributed by atoms with E-state index in [0.29, 0.717) is 29.4 Å². The fraction of sp³-hybridized carbons (Fsp3) is 0.533. The molecule has 4 nitrogen and oxygen atoms in total. The highest BCUT2D eigenvalue weighted by molar-refractivity contribution is 6.33. The highest BCUT2D eigenvalue weighted by Crippen LogP contribution is 2.29. The van der Waals surface area contributed by atoms with Crippen molar-refractivity contribution in [1.82, 2.24) is 4.90 Å². The highest BCUT2D eigenvalue weighted by Gasteiger charge is 2.40. The lowest BCUT2D eigenvalue weighted by Gasteiger charge is -2.47. The predicted octanol–water partition coefficient (Wildman–Crippen LogP) is 2.95. The summed E-state index contributed by atoms with van der Waals surface area (Å²) in [6.07, 6.45) is 0. The summed E-state index contributed by atoms with van der Waals surface area (Å²) in [6, 6.07) is 4.98. The van der Waals surface area contributed by atoms with E-state index in [0.717, 1.165) is 0 Å². The SMILES string of the molecule is CC1(C)CN(C(=O)c2ccc(Cl)c(N)c2)CC(C)(C)O1. The van der Waals surface area contributed by atoms with Crippen LogP contribution in [0.5, 0.6) is 0 Å². The normalized spacial score (nSPS) is 20.8. The Balaban J connectivity index is 2.26. The van der Waals surface area contributed by atoms with Crippen LogP contribution < -0.4 is 5.73 Å². The van der Waals surface area contributed by atoms with Crippen molar-refractivity contribution in [3.8, 4) is 0 Å². The molecule has 0 atom stereocenters. The average Bonchev–Trinajstić information content (AvgIpc) is 2.27. The zero-order chi connectivity index (χ0) is 15.1. The van der Waals surface area contributed by atoms with Crippen LogP contribution in [-0.2, 0) is 4.74 Å². The first-order valence-corrected chi connectivity index (χ1v) is 7.02. The Kier molecular flexibility index (Phi) is 3.73. The van der Waals surface area contributed by atoms with Gasteiger partial charge in [-0.2, -0.15) is 0 Å². The van der Waals surface area contributed by atoms with Gasteiger partial charge in [0, 0.05) is 18.7 Å². The molecule has 1 heterocycles. The van der Waals surface area contributed by atoms with E-state index in [4.69, 9.17) is 22.1 Å². The molecule has 0 radical (unpaired) electrons. The van der Waals surface area contributed by atoms with Gasteiger partial charge in [0.25, 0.3) is 5.91 Å². The van der Waals surface area contributed by atoms with E-state index in [1.165, 1.54) is 0 Å². The zero-order valence-electron chi connectivity index (χ0n) is 12.4. The van der Waals surface area contributed by atoms with Crippen LogP contribution >= 0.6 is 11.6 Å². The molecule has 1 aromatic carbocycles. The van der Waals surface area contributed by atoms with Crippen LogP contribution in [0.3, 0.4) is 0 Å². The Labute approximate surface area is 124 Å². The smallest absolute Gasteiger partial charge is 0.254 e. The molecule has 0 saturated carbocycles. The Morgan fingerprint density at radius 1 is 1.25 bits per heavy atom. The van der Waals surface area contributed by atoms with E-state index in [9.17, 15) is 4.79 Å². The maximum Gasteiger partial charge on any atom is 0.254 e. The number of carbonyl (C=O) groups excluding carboxylic acids is 1. The number of carbonyl (C=O) groups is 1. The number of anilines is 1. The van der Waals surface area contributed by atoms with Gasteiger partial charge >= 0.3 is 0 Å². The number of amides is 1. The first-order chi connectivity index (χ1) is 9.10. The van der Waals surface area contributed by atoms with E-state index in [2.05, 4.69) is 0 Å². The summed E-state index contributed by atoms with van der Waals surface area (Å²) in [4.78, 5) is 14.4. The molecule has 5 heteroatoms. The van der Waals surface area contributed by atoms with Crippen LogP contribution in [-0.4, -0.2) is 35.1 Å². The molecule has 2 N–H and O–H groups in total. The lowest BCUT2D eigenvalue weighted by atomic mass is 9.98. The lowest BCUT2D eigenvalue weighted by Crippen LogP contribution is -2.58. The third kappa shape index (κ3) is 3.25. The molecule has 1 aliphatic rings. The third-order valence-corrected chi connectivity index (χ3v) is 3.57. The number of nitrogens with zero attached hydrogens (tertiary/aromatic N) is 1. The first kappa shape index (κ1) is 15.1. The summed E-state index contributed by atoms with van der Waals surface area (Å²) in [5, 5.41) is 0.462. The molecular formula is C15H21ClN2O2. The van der Waals surface area contributed by atoms with Gasteiger partial charge in [-0.15, -0.1) is 0 Å². The van der Waals surface area contributed by atoms with Crippen LogP contribution in [0.1, 0.15) is 38.1 Å². The summed E-state index contributed by atoms with van der Waals surface area (Å²) < 4.78 is 5.98. The quantitative estimate of drug-likeness (QED) is 0.811. The molecule has 1 fully saturated rings. The van der Waals surface area contributed by atoms with Crippen LogP contribution in [0.15, 0.2) is 18.2 Å². The van der Waals surface area contributed by atoms with Gasteiger partial charge in [0.15, 0.2) is 0 Å². The van der Waals surface area contributed by atoms with Crippen molar-refractivity contribution in [2.75, 3.05) is 18.8 Å². The summed E-state index contributed by atoms with van der Waals surface area (Å²) in [5.41, 5.74) is 6.01. The van der Waals surface area contributed by atoms with Crippen molar-refractivity contribution in [3.05, 3.63) is 28.8 Å². The number of nitrogens with two attached hydrogens (primary N) is 1. The third-order valence-electron chi connectivity index (χ3n) is 3.23. The summed E-state index contributed by atoms with van der Waals surface area (Å²) in [5.74, 6) is -0.0437. The second kappa shape index (κ2) is 4.93. The highest BCUT2D eigenvalue weighted by atomic mass is 35.5. The fourth-order valence-corrected chi connectivity index (χ4v) is 2.91. The summed E-state index contributed by atoms with van der Waals surface area (Å²) in [6.45, 7) is 9.07. The van der Waals surface area contributed by atoms with Gasteiger partial charge in [-0.1, -0.05) is 11.6 Å². The van der Waals surface area contributed by atoms with Gasteiger partial charge in [-0.25, -0.2) is 0 Å². The minimum absolute atomic E-state index is 0.0437. The number of ether oxygens (including phenoxy) is 1. The van der Waals surface area contributed by atoms with Crippen LogP contribution in [0.4, 0.5) is 5.69 Å². The molecule has 1 aliphatic heterocycles.